The first kappa shape index (κ1) is 18.8. The Morgan fingerprint density at radius 3 is 2.54 bits per heavy atom. The molecule has 0 spiro atoms. The van der Waals surface area contributed by atoms with Gasteiger partial charge < -0.3 is 24.4 Å². The average Bonchev–Trinajstić information content (AvgIpc) is 3.48. The number of aliphatic hydroxyl groups is 1. The Labute approximate surface area is 163 Å². The minimum atomic E-state index is -1.21. The van der Waals surface area contributed by atoms with Gasteiger partial charge in [0.05, 0.1) is 29.8 Å². The average molecular weight is 386 g/mol. The molecule has 1 aromatic heterocycles. The normalized spacial score (nSPS) is 21.7. The number of carbonyl (C=O) groups is 1. The fourth-order valence-electron chi connectivity index (χ4n) is 4.20. The fraction of sp³-hybridized carbons (Fsp3) is 0.524. The van der Waals surface area contributed by atoms with Crippen LogP contribution in [0.15, 0.2) is 23.1 Å². The van der Waals surface area contributed by atoms with Gasteiger partial charge in [0.15, 0.2) is 5.75 Å². The lowest BCUT2D eigenvalue weighted by atomic mass is 9.81. The number of hydrogen-bond donors (Lipinski definition) is 2. The zero-order valence-corrected chi connectivity index (χ0v) is 16.4. The first-order chi connectivity index (χ1) is 13.2. The van der Waals surface area contributed by atoms with Gasteiger partial charge in [0.1, 0.15) is 5.56 Å². The van der Waals surface area contributed by atoms with E-state index in [1.807, 2.05) is 24.5 Å². The SMILES string of the molecule is COc1c(N2CCC(O)C(C)(C)C2)ccc2c(=O)c(C(=O)O)cn(C3CC3)c12. The van der Waals surface area contributed by atoms with Gasteiger partial charge in [-0.15, -0.1) is 0 Å². The number of rotatable bonds is 4. The van der Waals surface area contributed by atoms with E-state index in [2.05, 4.69) is 4.90 Å². The van der Waals surface area contributed by atoms with Crippen molar-refractivity contribution in [1.82, 2.24) is 4.57 Å². The molecule has 0 amide bonds. The lowest BCUT2D eigenvalue weighted by molar-refractivity contribution is 0.0335. The molecule has 4 rings (SSSR count). The molecule has 1 aliphatic carbocycles. The molecule has 2 fully saturated rings. The van der Waals surface area contributed by atoms with Crippen molar-refractivity contribution in [1.29, 1.82) is 0 Å². The van der Waals surface area contributed by atoms with Crippen LogP contribution < -0.4 is 15.1 Å². The van der Waals surface area contributed by atoms with Crippen molar-refractivity contribution in [2.45, 2.75) is 45.3 Å². The molecule has 1 atom stereocenters. The van der Waals surface area contributed by atoms with E-state index in [9.17, 15) is 19.8 Å². The van der Waals surface area contributed by atoms with Crippen LogP contribution in [0.5, 0.6) is 5.75 Å². The Hall–Kier alpha value is -2.54. The maximum atomic E-state index is 12.8. The molecule has 150 valence electrons. The van der Waals surface area contributed by atoms with Crippen molar-refractivity contribution in [3.05, 3.63) is 34.1 Å². The number of aromatic carboxylic acids is 1. The smallest absolute Gasteiger partial charge is 0.341 e. The number of carboxylic acids is 1. The van der Waals surface area contributed by atoms with Crippen LogP contribution in [0.4, 0.5) is 5.69 Å². The minimum absolute atomic E-state index is 0.185. The number of aliphatic hydroxyl groups excluding tert-OH is 1. The van der Waals surface area contributed by atoms with Gasteiger partial charge in [-0.25, -0.2) is 4.79 Å². The third-order valence-electron chi connectivity index (χ3n) is 6.01. The molecule has 1 unspecified atom stereocenters. The number of anilines is 1. The minimum Gasteiger partial charge on any atom is -0.492 e. The molecular formula is C21H26N2O5. The van der Waals surface area contributed by atoms with Crippen molar-refractivity contribution in [3.8, 4) is 5.75 Å². The van der Waals surface area contributed by atoms with Crippen molar-refractivity contribution >= 4 is 22.6 Å². The third-order valence-corrected chi connectivity index (χ3v) is 6.01. The summed E-state index contributed by atoms with van der Waals surface area (Å²) in [6, 6.07) is 3.72. The quantitative estimate of drug-likeness (QED) is 0.839. The molecule has 2 aliphatic rings. The summed E-state index contributed by atoms with van der Waals surface area (Å²) < 4.78 is 7.66. The van der Waals surface area contributed by atoms with Crippen LogP contribution in [0.2, 0.25) is 0 Å². The summed E-state index contributed by atoms with van der Waals surface area (Å²) in [5.74, 6) is -0.623. The number of fused-ring (bicyclic) bond motifs is 1. The number of carboxylic acid groups (broad SMARTS) is 1. The van der Waals surface area contributed by atoms with Crippen molar-refractivity contribution in [3.63, 3.8) is 0 Å². The Bertz CT molecular complexity index is 1010. The Morgan fingerprint density at radius 1 is 1.25 bits per heavy atom. The number of nitrogens with zero attached hydrogens (tertiary/aromatic N) is 2. The summed E-state index contributed by atoms with van der Waals surface area (Å²) >= 11 is 0. The monoisotopic (exact) mass is 386 g/mol. The van der Waals surface area contributed by atoms with Crippen LogP contribution >= 0.6 is 0 Å². The van der Waals surface area contributed by atoms with E-state index in [1.165, 1.54) is 6.20 Å². The lowest BCUT2D eigenvalue weighted by Crippen LogP contribution is -2.48. The zero-order valence-electron chi connectivity index (χ0n) is 16.4. The van der Waals surface area contributed by atoms with Crippen LogP contribution in [0.1, 0.15) is 49.5 Å². The second-order valence-corrected chi connectivity index (χ2v) is 8.54. The molecule has 2 N–H and O–H groups in total. The maximum Gasteiger partial charge on any atom is 0.341 e. The number of benzene rings is 1. The number of methoxy groups -OCH3 is 1. The second kappa shape index (κ2) is 6.51. The number of piperidine rings is 1. The predicted octanol–water partition coefficient (Wildman–Crippen LogP) is 2.64. The Morgan fingerprint density at radius 2 is 1.96 bits per heavy atom. The predicted molar refractivity (Wildman–Crippen MR) is 107 cm³/mol. The number of pyridine rings is 1. The van der Waals surface area contributed by atoms with E-state index < -0.39 is 11.4 Å². The molecule has 1 saturated carbocycles. The lowest BCUT2D eigenvalue weighted by Gasteiger charge is -2.43. The molecule has 0 bridgehead atoms. The molecule has 1 aliphatic heterocycles. The van der Waals surface area contributed by atoms with E-state index >= 15 is 0 Å². The molecule has 7 nitrogen and oxygen atoms in total. The van der Waals surface area contributed by atoms with Gasteiger partial charge in [-0.1, -0.05) is 13.8 Å². The van der Waals surface area contributed by atoms with E-state index in [-0.39, 0.29) is 23.1 Å². The number of aromatic nitrogens is 1. The molecule has 0 radical (unpaired) electrons. The first-order valence-corrected chi connectivity index (χ1v) is 9.66. The summed E-state index contributed by atoms with van der Waals surface area (Å²) in [4.78, 5) is 26.5. The first-order valence-electron chi connectivity index (χ1n) is 9.66. The highest BCUT2D eigenvalue weighted by Gasteiger charge is 2.36. The van der Waals surface area contributed by atoms with Crippen molar-refractivity contribution in [2.75, 3.05) is 25.1 Å². The maximum absolute atomic E-state index is 12.8. The van der Waals surface area contributed by atoms with E-state index in [4.69, 9.17) is 4.74 Å². The van der Waals surface area contributed by atoms with Crippen LogP contribution in [-0.2, 0) is 0 Å². The summed E-state index contributed by atoms with van der Waals surface area (Å²) in [6.45, 7) is 5.43. The molecule has 2 heterocycles. The summed E-state index contributed by atoms with van der Waals surface area (Å²) in [6.07, 6.45) is 3.65. The topological polar surface area (TPSA) is 92.0 Å². The summed E-state index contributed by atoms with van der Waals surface area (Å²) in [5, 5.41) is 20.1. The van der Waals surface area contributed by atoms with Gasteiger partial charge in [-0.2, -0.15) is 0 Å². The van der Waals surface area contributed by atoms with E-state index in [0.29, 0.717) is 36.2 Å². The Balaban J connectivity index is 1.93. The van der Waals surface area contributed by atoms with E-state index in [0.717, 1.165) is 18.5 Å². The Kier molecular flexibility index (Phi) is 4.38. The fourth-order valence-corrected chi connectivity index (χ4v) is 4.20. The number of hydrogen-bond acceptors (Lipinski definition) is 5. The van der Waals surface area contributed by atoms with Crippen LogP contribution in [0.3, 0.4) is 0 Å². The third kappa shape index (κ3) is 2.94. The molecule has 1 aromatic carbocycles. The summed E-state index contributed by atoms with van der Waals surface area (Å²) in [7, 11) is 1.58. The standard InChI is InChI=1S/C21H26N2O5/c1-21(2)11-22(9-8-16(21)24)15-7-6-13-17(19(15)28-3)23(12-4-5-12)10-14(18(13)25)20(26)27/h6-7,10,12,16,24H,4-5,8-9,11H2,1-3H3,(H,26,27). The van der Waals surface area contributed by atoms with Crippen LogP contribution in [0, 0.1) is 5.41 Å². The molecule has 1 saturated heterocycles. The van der Waals surface area contributed by atoms with Gasteiger partial charge in [-0.3, -0.25) is 4.79 Å². The van der Waals surface area contributed by atoms with Gasteiger partial charge in [-0.05, 0) is 31.4 Å². The highest BCUT2D eigenvalue weighted by Crippen LogP contribution is 2.44. The molecular weight excluding hydrogens is 360 g/mol. The highest BCUT2D eigenvalue weighted by atomic mass is 16.5. The molecule has 2 aromatic rings. The van der Waals surface area contributed by atoms with Gasteiger partial charge in [0, 0.05) is 30.7 Å². The van der Waals surface area contributed by atoms with Crippen molar-refractivity contribution in [2.24, 2.45) is 5.41 Å². The van der Waals surface area contributed by atoms with Crippen LogP contribution in [0.25, 0.3) is 10.9 Å². The van der Waals surface area contributed by atoms with Gasteiger partial charge >= 0.3 is 5.97 Å². The van der Waals surface area contributed by atoms with Crippen LogP contribution in [-0.4, -0.2) is 47.1 Å². The molecule has 28 heavy (non-hydrogen) atoms. The van der Waals surface area contributed by atoms with Crippen molar-refractivity contribution < 1.29 is 19.7 Å². The number of ether oxygens (including phenoxy) is 1. The highest BCUT2D eigenvalue weighted by molar-refractivity contribution is 5.97. The zero-order chi connectivity index (χ0) is 20.2. The van der Waals surface area contributed by atoms with E-state index in [1.54, 1.807) is 13.2 Å². The molecule has 7 heteroatoms. The largest absolute Gasteiger partial charge is 0.492 e. The van der Waals surface area contributed by atoms with Gasteiger partial charge in [0.2, 0.25) is 5.43 Å². The van der Waals surface area contributed by atoms with Gasteiger partial charge in [0.25, 0.3) is 0 Å². The summed E-state index contributed by atoms with van der Waals surface area (Å²) in [5.41, 5.74) is 0.560. The second-order valence-electron chi connectivity index (χ2n) is 8.54.